The van der Waals surface area contributed by atoms with Crippen LogP contribution in [0.15, 0.2) is 12.1 Å². The van der Waals surface area contributed by atoms with Crippen LogP contribution in [0.25, 0.3) is 4.98 Å². The van der Waals surface area contributed by atoms with Gasteiger partial charge in [0.1, 0.15) is 0 Å². The predicted octanol–water partition coefficient (Wildman–Crippen LogP) is 5.47. The van der Waals surface area contributed by atoms with Gasteiger partial charge in [0.05, 0.1) is 13.2 Å². The minimum atomic E-state index is -5.42. The van der Waals surface area contributed by atoms with Crippen molar-refractivity contribution in [1.82, 2.24) is 0 Å². The molecular weight excluding hydrogens is 467 g/mol. The van der Waals surface area contributed by atoms with Gasteiger partial charge in [-0.3, -0.25) is 0 Å². The fourth-order valence-electron chi connectivity index (χ4n) is 0.448. The van der Waals surface area contributed by atoms with Gasteiger partial charge in [-0.05, 0) is 13.8 Å². The molecule has 0 amide bonds. The maximum absolute atomic E-state index is 8.08. The van der Waals surface area contributed by atoms with Crippen molar-refractivity contribution in [2.75, 3.05) is 13.2 Å². The summed E-state index contributed by atoms with van der Waals surface area (Å²) >= 11 is 0. The van der Waals surface area contributed by atoms with Crippen LogP contribution in [0.3, 0.4) is 0 Å². The monoisotopic (exact) mass is 474 g/mol. The molecule has 0 aliphatic carbocycles. The SMILES string of the molecule is CCOC(=C[N+]#N)OCC.[Cl][Sb-]([Cl])([Cl])([Cl])([Cl])[Cl]. The van der Waals surface area contributed by atoms with Crippen molar-refractivity contribution < 1.29 is 9.47 Å². The van der Waals surface area contributed by atoms with Crippen LogP contribution in [0, 0.1) is 5.39 Å². The van der Waals surface area contributed by atoms with Crippen LogP contribution in [0.5, 0.6) is 0 Å². The summed E-state index contributed by atoms with van der Waals surface area (Å²) in [5.74, 6) is 0.243. The summed E-state index contributed by atoms with van der Waals surface area (Å²) in [5.41, 5.74) is 0. The first-order chi connectivity index (χ1) is 7.30. The molecule has 0 heterocycles. The van der Waals surface area contributed by atoms with Crippen LogP contribution >= 0.6 is 53.0 Å². The average molecular weight is 478 g/mol. The zero-order valence-corrected chi connectivity index (χ0v) is 16.0. The van der Waals surface area contributed by atoms with Gasteiger partial charge in [0.2, 0.25) is 5.39 Å². The Bertz CT molecular complexity index is 285. The van der Waals surface area contributed by atoms with Crippen molar-refractivity contribution in [2.24, 2.45) is 0 Å². The third-order valence-corrected chi connectivity index (χ3v) is 0.736. The number of nitrogens with zero attached hydrogens (tertiary/aromatic N) is 2. The second-order valence-electron chi connectivity index (χ2n) is 2.39. The molecule has 0 saturated carbocycles. The molecule has 0 unspecified atom stereocenters. The topological polar surface area (TPSA) is 46.6 Å². The van der Waals surface area contributed by atoms with Crippen LogP contribution in [0.1, 0.15) is 13.8 Å². The molecule has 0 atom stereocenters. The minimum absolute atomic E-state index is 0.243. The van der Waals surface area contributed by atoms with E-state index in [1.807, 2.05) is 13.8 Å². The van der Waals surface area contributed by atoms with Crippen LogP contribution < -0.4 is 0 Å². The first kappa shape index (κ1) is 20.6. The molecule has 0 aromatic rings. The van der Waals surface area contributed by atoms with Gasteiger partial charge in [-0.1, -0.05) is 0 Å². The molecule has 0 bridgehead atoms. The number of hydrogen-bond acceptors (Lipinski definition) is 3. The Morgan fingerprint density at radius 2 is 1.35 bits per heavy atom. The van der Waals surface area contributed by atoms with E-state index in [9.17, 15) is 0 Å². The number of hydrogen-bond donors (Lipinski definition) is 0. The van der Waals surface area contributed by atoms with Crippen LogP contribution in [-0.2, 0) is 9.47 Å². The summed E-state index contributed by atoms with van der Waals surface area (Å²) in [6, 6.07) is 0. The fraction of sp³-hybridized carbons (Fsp3) is 0.667. The molecule has 0 aromatic carbocycles. The fourth-order valence-corrected chi connectivity index (χ4v) is 0.448. The van der Waals surface area contributed by atoms with Gasteiger partial charge in [0.25, 0.3) is 0 Å². The Kier molecular flexibility index (Phi) is 8.73. The Morgan fingerprint density at radius 3 is 1.53 bits per heavy atom. The van der Waals surface area contributed by atoms with Gasteiger partial charge in [-0.2, -0.15) is 0 Å². The first-order valence-electron chi connectivity index (χ1n) is 4.16. The van der Waals surface area contributed by atoms with E-state index in [1.165, 1.54) is 0 Å². The summed E-state index contributed by atoms with van der Waals surface area (Å²) in [7, 11) is 25.0. The zero-order valence-electron chi connectivity index (χ0n) is 8.92. The molecule has 4 nitrogen and oxygen atoms in total. The van der Waals surface area contributed by atoms with E-state index >= 15 is 0 Å². The van der Waals surface area contributed by atoms with Crippen molar-refractivity contribution in [2.45, 2.75) is 13.8 Å². The average Bonchev–Trinajstić information content (AvgIpc) is 1.99. The molecule has 0 saturated heterocycles. The van der Waals surface area contributed by atoms with Gasteiger partial charge in [0, 0.05) is 0 Å². The summed E-state index contributed by atoms with van der Waals surface area (Å²) in [4.78, 5) is 2.76. The zero-order chi connectivity index (χ0) is 14.2. The summed E-state index contributed by atoms with van der Waals surface area (Å²) in [6.45, 7) is 4.65. The molecule has 0 fully saturated rings. The standard InChI is InChI=1S/C6H11N2O2.6ClH.Sb/c1-3-9-6(5-8-7)10-4-2;;;;;;;/h5H,3-4H2,1-2H3;6*1H;/q+1;;;;;;;+5/p-6. The van der Waals surface area contributed by atoms with E-state index in [2.05, 4.69) is 4.98 Å². The second kappa shape index (κ2) is 7.19. The molecule has 0 aliphatic rings. The predicted molar refractivity (Wildman–Crippen MR) is 77.3 cm³/mol. The molecule has 0 aromatic heterocycles. The summed E-state index contributed by atoms with van der Waals surface area (Å²) in [6.07, 6.45) is 1.12. The van der Waals surface area contributed by atoms with Gasteiger partial charge in [-0.25, -0.2) is 0 Å². The first-order valence-corrected chi connectivity index (χ1v) is 23.6. The molecule has 0 rings (SSSR count). The van der Waals surface area contributed by atoms with Gasteiger partial charge >= 0.3 is 74.3 Å². The molecule has 11 heteroatoms. The number of halogens is 6. The third-order valence-electron chi connectivity index (χ3n) is 0.736. The molecule has 0 N–H and O–H groups in total. The quantitative estimate of drug-likeness (QED) is 0.307. The van der Waals surface area contributed by atoms with Gasteiger partial charge in [0.15, 0.2) is 4.98 Å². The number of ether oxygens (including phenoxy) is 2. The maximum atomic E-state index is 8.08. The van der Waals surface area contributed by atoms with Crippen molar-refractivity contribution in [3.8, 4) is 0 Å². The van der Waals surface area contributed by atoms with Gasteiger partial charge < -0.3 is 9.47 Å². The Hall–Kier alpha value is 1.32. The van der Waals surface area contributed by atoms with Crippen molar-refractivity contribution in [1.29, 1.82) is 5.39 Å². The molecular formula is C6H11Cl6N2O2Sb. The van der Waals surface area contributed by atoms with Crippen molar-refractivity contribution in [3.05, 3.63) is 17.1 Å². The molecule has 0 spiro atoms. The summed E-state index contributed by atoms with van der Waals surface area (Å²) in [5, 5.41) is 8.08. The van der Waals surface area contributed by atoms with Crippen LogP contribution in [-0.4, -0.2) is 22.4 Å². The Morgan fingerprint density at radius 1 is 1.06 bits per heavy atom. The van der Waals surface area contributed by atoms with Crippen molar-refractivity contribution in [3.63, 3.8) is 0 Å². The normalized spacial score (nSPS) is 14.1. The van der Waals surface area contributed by atoms with Crippen LogP contribution in [0.2, 0.25) is 0 Å². The van der Waals surface area contributed by atoms with E-state index in [0.717, 1.165) is 6.20 Å². The number of rotatable bonds is 4. The van der Waals surface area contributed by atoms with E-state index in [0.29, 0.717) is 13.2 Å². The van der Waals surface area contributed by atoms with E-state index in [1.54, 1.807) is 0 Å². The second-order valence-corrected chi connectivity index (χ2v) is 59.3. The Labute approximate surface area is 120 Å². The van der Waals surface area contributed by atoms with Gasteiger partial charge in [-0.15, -0.1) is 0 Å². The molecule has 104 valence electrons. The Balaban J connectivity index is 0. The number of diazo groups is 1. The van der Waals surface area contributed by atoms with Crippen LogP contribution in [0.4, 0.5) is 0 Å². The van der Waals surface area contributed by atoms with Crippen molar-refractivity contribution >= 4 is 62.1 Å². The van der Waals surface area contributed by atoms with E-state index in [4.69, 9.17) is 67.8 Å². The third kappa shape index (κ3) is 38.2. The molecule has 17 heavy (non-hydrogen) atoms. The molecule has 0 aliphatic heterocycles. The summed E-state index contributed by atoms with van der Waals surface area (Å²) < 4.78 is 9.82. The molecule has 0 radical (unpaired) electrons. The van der Waals surface area contributed by atoms with E-state index in [-0.39, 0.29) is 5.95 Å². The van der Waals surface area contributed by atoms with E-state index < -0.39 is 9.14 Å².